The lowest BCUT2D eigenvalue weighted by Gasteiger charge is -2.12. The van der Waals surface area contributed by atoms with Crippen molar-refractivity contribution in [3.05, 3.63) is 88.4 Å². The number of benzene rings is 3. The maximum atomic E-state index is 11.8. The van der Waals surface area contributed by atoms with Crippen molar-refractivity contribution in [2.45, 2.75) is 13.5 Å². The van der Waals surface area contributed by atoms with Crippen molar-refractivity contribution in [1.82, 2.24) is 19.3 Å². The third-order valence-corrected chi connectivity index (χ3v) is 5.75. The zero-order valence-corrected chi connectivity index (χ0v) is 19.1. The second-order valence-electron chi connectivity index (χ2n) is 7.88. The number of carbonyl (C=O) groups excluding carboxylic acids is 1. The van der Waals surface area contributed by atoms with Crippen LogP contribution < -0.4 is 10.5 Å². The van der Waals surface area contributed by atoms with Crippen LogP contribution in [0.4, 0.5) is 0 Å². The summed E-state index contributed by atoms with van der Waals surface area (Å²) in [6.07, 6.45) is 0.366. The lowest BCUT2D eigenvalue weighted by Crippen LogP contribution is -2.14. The number of carbonyl (C=O) groups is 2. The van der Waals surface area contributed by atoms with Gasteiger partial charge in [0.1, 0.15) is 0 Å². The zero-order chi connectivity index (χ0) is 25.2. The summed E-state index contributed by atoms with van der Waals surface area (Å²) in [4.78, 5) is 39.5. The Labute approximate surface area is 204 Å². The van der Waals surface area contributed by atoms with E-state index in [1.165, 1.54) is 0 Å². The minimum Gasteiger partial charge on any atom is -0.478 e. The number of carboxylic acid groups (broad SMARTS) is 1. The molecule has 2 aromatic heterocycles. The molecule has 0 spiro atoms. The Hall–Kier alpha value is -4.99. The van der Waals surface area contributed by atoms with E-state index in [2.05, 4.69) is 14.7 Å². The second-order valence-corrected chi connectivity index (χ2v) is 7.88. The predicted octanol–water partition coefficient (Wildman–Crippen LogP) is 3.70. The minimum absolute atomic E-state index is 0.113. The van der Waals surface area contributed by atoms with E-state index in [1.54, 1.807) is 34.9 Å². The van der Waals surface area contributed by atoms with Gasteiger partial charge in [0.15, 0.2) is 5.82 Å². The van der Waals surface area contributed by atoms with Crippen LogP contribution in [-0.4, -0.2) is 43.4 Å². The molecular formula is C26H20N4O6. The molecule has 0 saturated carbocycles. The van der Waals surface area contributed by atoms with Gasteiger partial charge in [-0.25, -0.2) is 9.59 Å². The van der Waals surface area contributed by atoms with Crippen LogP contribution in [0.1, 0.15) is 22.8 Å². The van der Waals surface area contributed by atoms with Crippen molar-refractivity contribution in [2.75, 3.05) is 6.61 Å². The van der Waals surface area contributed by atoms with Crippen molar-refractivity contribution < 1.29 is 24.0 Å². The van der Waals surface area contributed by atoms with Gasteiger partial charge in [-0.1, -0.05) is 59.8 Å². The summed E-state index contributed by atoms with van der Waals surface area (Å²) < 4.78 is 12.9. The molecule has 0 aliphatic rings. The summed E-state index contributed by atoms with van der Waals surface area (Å²) >= 11 is 0. The fourth-order valence-electron chi connectivity index (χ4n) is 4.15. The Kier molecular flexibility index (Phi) is 5.91. The molecule has 1 N–H and O–H groups in total. The molecule has 0 unspecified atom stereocenters. The second kappa shape index (κ2) is 9.34. The summed E-state index contributed by atoms with van der Waals surface area (Å²) in [5.74, 6) is -1.79. The number of aromatic carboxylic acids is 1. The summed E-state index contributed by atoms with van der Waals surface area (Å²) in [7, 11) is 0. The Bertz CT molecular complexity index is 1650. The summed E-state index contributed by atoms with van der Waals surface area (Å²) in [6.45, 7) is 2.56. The van der Waals surface area contributed by atoms with Crippen LogP contribution >= 0.6 is 0 Å². The van der Waals surface area contributed by atoms with E-state index < -0.39 is 11.7 Å². The lowest BCUT2D eigenvalue weighted by molar-refractivity contribution is 0.0698. The average Bonchev–Trinajstić information content (AvgIpc) is 3.44. The van der Waals surface area contributed by atoms with Crippen LogP contribution in [0.5, 0.6) is 6.01 Å². The molecule has 0 amide bonds. The van der Waals surface area contributed by atoms with Crippen LogP contribution in [0.25, 0.3) is 33.5 Å². The molecule has 2 heterocycles. The van der Waals surface area contributed by atoms with Gasteiger partial charge in [-0.3, -0.25) is 13.9 Å². The summed E-state index contributed by atoms with van der Waals surface area (Å²) in [5.41, 5.74) is 4.21. The Morgan fingerprint density at radius 1 is 1.06 bits per heavy atom. The van der Waals surface area contributed by atoms with Gasteiger partial charge < -0.3 is 9.84 Å². The lowest BCUT2D eigenvalue weighted by atomic mass is 9.98. The van der Waals surface area contributed by atoms with Crippen LogP contribution in [0.2, 0.25) is 0 Å². The molecule has 5 aromatic rings. The van der Waals surface area contributed by atoms with Crippen molar-refractivity contribution in [2.24, 2.45) is 0 Å². The molecule has 3 aromatic carbocycles. The van der Waals surface area contributed by atoms with E-state index in [0.717, 1.165) is 21.3 Å². The molecule has 10 heteroatoms. The van der Waals surface area contributed by atoms with Crippen LogP contribution in [0.15, 0.2) is 76.0 Å². The number of para-hydroxylation sites is 1. The van der Waals surface area contributed by atoms with Gasteiger partial charge in [-0.05, 0) is 35.7 Å². The number of nitrogens with zero attached hydrogens (tertiary/aromatic N) is 4. The van der Waals surface area contributed by atoms with E-state index in [-0.39, 0.29) is 11.4 Å². The van der Waals surface area contributed by atoms with Crippen LogP contribution in [0.3, 0.4) is 0 Å². The Morgan fingerprint density at radius 2 is 1.81 bits per heavy atom. The SMILES string of the molecule is CCOc1nc2cccc(C(=O)O)c2n1Cc1ccc(-c2ccccc2-c2noc(=O)n2C=O)cc1. The first-order valence-electron chi connectivity index (χ1n) is 11.1. The molecule has 0 fully saturated rings. The van der Waals surface area contributed by atoms with E-state index in [9.17, 15) is 19.5 Å². The number of aromatic nitrogens is 4. The van der Waals surface area contributed by atoms with Gasteiger partial charge in [0.25, 0.3) is 6.01 Å². The number of hydrogen-bond acceptors (Lipinski definition) is 7. The first-order valence-corrected chi connectivity index (χ1v) is 11.1. The highest BCUT2D eigenvalue weighted by atomic mass is 16.5. The van der Waals surface area contributed by atoms with E-state index in [1.807, 2.05) is 43.3 Å². The van der Waals surface area contributed by atoms with Gasteiger partial charge in [-0.2, -0.15) is 9.55 Å². The smallest absolute Gasteiger partial charge is 0.448 e. The van der Waals surface area contributed by atoms with E-state index >= 15 is 0 Å². The molecule has 180 valence electrons. The standard InChI is InChI=1S/C26H20N4O6/c1-2-35-25-27-21-9-5-8-20(24(32)33)22(21)29(25)14-16-10-12-17(13-11-16)18-6-3-4-7-19(18)23-28-36-26(34)30(23)15-31/h3-13,15H,2,14H2,1H3,(H,32,33). The Morgan fingerprint density at radius 3 is 2.50 bits per heavy atom. The van der Waals surface area contributed by atoms with Crippen LogP contribution in [-0.2, 0) is 11.3 Å². The molecule has 10 nitrogen and oxygen atoms in total. The quantitative estimate of drug-likeness (QED) is 0.330. The van der Waals surface area contributed by atoms with Crippen molar-refractivity contribution in [3.8, 4) is 28.5 Å². The highest BCUT2D eigenvalue weighted by molar-refractivity contribution is 6.01. The fourth-order valence-corrected chi connectivity index (χ4v) is 4.15. The fraction of sp³-hybridized carbons (Fsp3) is 0.115. The topological polar surface area (TPSA) is 129 Å². The predicted molar refractivity (Wildman–Crippen MR) is 131 cm³/mol. The summed E-state index contributed by atoms with van der Waals surface area (Å²) in [5, 5.41) is 13.5. The van der Waals surface area contributed by atoms with Crippen molar-refractivity contribution in [1.29, 1.82) is 0 Å². The molecule has 0 aliphatic carbocycles. The normalized spacial score (nSPS) is 11.0. The van der Waals surface area contributed by atoms with Gasteiger partial charge in [-0.15, -0.1) is 0 Å². The monoisotopic (exact) mass is 484 g/mol. The van der Waals surface area contributed by atoms with Crippen LogP contribution in [0, 0.1) is 0 Å². The van der Waals surface area contributed by atoms with Gasteiger partial charge in [0, 0.05) is 5.56 Å². The number of imidazole rings is 1. The third kappa shape index (κ3) is 3.94. The maximum Gasteiger partial charge on any atom is 0.448 e. The highest BCUT2D eigenvalue weighted by Crippen LogP contribution is 2.31. The number of ether oxygens (including phenoxy) is 1. The van der Waals surface area contributed by atoms with E-state index in [0.29, 0.717) is 42.2 Å². The maximum absolute atomic E-state index is 11.8. The molecule has 5 rings (SSSR count). The van der Waals surface area contributed by atoms with Gasteiger partial charge >= 0.3 is 11.7 Å². The number of rotatable bonds is 8. The average molecular weight is 484 g/mol. The van der Waals surface area contributed by atoms with Gasteiger partial charge in [0.05, 0.1) is 29.7 Å². The molecule has 0 atom stereocenters. The first kappa shape index (κ1) is 22.8. The molecule has 0 bridgehead atoms. The zero-order valence-electron chi connectivity index (χ0n) is 19.1. The number of carboxylic acids is 1. The molecule has 0 saturated heterocycles. The Balaban J connectivity index is 1.54. The van der Waals surface area contributed by atoms with Crippen molar-refractivity contribution >= 4 is 23.4 Å². The minimum atomic E-state index is -1.04. The molecule has 0 radical (unpaired) electrons. The van der Waals surface area contributed by atoms with Gasteiger partial charge in [0.2, 0.25) is 6.41 Å². The number of fused-ring (bicyclic) bond motifs is 1. The first-order chi connectivity index (χ1) is 17.5. The van der Waals surface area contributed by atoms with Crippen molar-refractivity contribution in [3.63, 3.8) is 0 Å². The molecule has 0 aliphatic heterocycles. The summed E-state index contributed by atoms with van der Waals surface area (Å²) in [6, 6.07) is 20.1. The largest absolute Gasteiger partial charge is 0.478 e. The molecular weight excluding hydrogens is 464 g/mol. The highest BCUT2D eigenvalue weighted by Gasteiger charge is 2.20. The third-order valence-electron chi connectivity index (χ3n) is 5.75. The van der Waals surface area contributed by atoms with E-state index in [4.69, 9.17) is 4.74 Å². The molecule has 36 heavy (non-hydrogen) atoms. The number of hydrogen-bond donors (Lipinski definition) is 1.